The molecule has 0 heterocycles. The normalized spacial score (nSPS) is 13.6. The van der Waals surface area contributed by atoms with Crippen molar-refractivity contribution in [3.63, 3.8) is 0 Å². The Morgan fingerprint density at radius 3 is 2.57 bits per heavy atom. The molecule has 5 heteroatoms. The monoisotopic (exact) mass is 294 g/mol. The van der Waals surface area contributed by atoms with E-state index in [4.69, 9.17) is 9.84 Å². The van der Waals surface area contributed by atoms with Gasteiger partial charge in [0.2, 0.25) is 0 Å². The molecule has 0 aliphatic carbocycles. The zero-order valence-electron chi connectivity index (χ0n) is 13.2. The predicted molar refractivity (Wildman–Crippen MR) is 83.5 cm³/mol. The van der Waals surface area contributed by atoms with Crippen LogP contribution in [-0.4, -0.2) is 29.9 Å². The first-order valence-electron chi connectivity index (χ1n) is 7.40. The summed E-state index contributed by atoms with van der Waals surface area (Å²) in [7, 11) is 0. The number of carbonyl (C=O) groups excluding carboxylic acids is 1. The molecule has 2 atom stereocenters. The maximum Gasteiger partial charge on any atom is 0.315 e. The number of aliphatic hydroxyl groups is 1. The van der Waals surface area contributed by atoms with Crippen LogP contribution in [0.2, 0.25) is 0 Å². The molecule has 0 aliphatic heterocycles. The topological polar surface area (TPSA) is 70.6 Å². The zero-order chi connectivity index (χ0) is 15.8. The van der Waals surface area contributed by atoms with Crippen molar-refractivity contribution in [2.24, 2.45) is 0 Å². The number of urea groups is 1. The van der Waals surface area contributed by atoms with Gasteiger partial charge in [0.1, 0.15) is 5.75 Å². The van der Waals surface area contributed by atoms with Crippen molar-refractivity contribution < 1.29 is 14.6 Å². The number of hydrogen-bond acceptors (Lipinski definition) is 3. The SMILES string of the molecule is CCC(CO)NC(=O)NC(C)c1cccc(OC(C)C)c1. The molecule has 3 N–H and O–H groups in total. The van der Waals surface area contributed by atoms with Gasteiger partial charge in [-0.1, -0.05) is 19.1 Å². The van der Waals surface area contributed by atoms with E-state index in [9.17, 15) is 4.79 Å². The lowest BCUT2D eigenvalue weighted by Crippen LogP contribution is -2.44. The van der Waals surface area contributed by atoms with Crippen LogP contribution in [0.4, 0.5) is 4.79 Å². The van der Waals surface area contributed by atoms with E-state index in [1.165, 1.54) is 0 Å². The summed E-state index contributed by atoms with van der Waals surface area (Å²) in [6.45, 7) is 7.71. The summed E-state index contributed by atoms with van der Waals surface area (Å²) in [6, 6.07) is 7.04. The van der Waals surface area contributed by atoms with Gasteiger partial charge in [-0.15, -0.1) is 0 Å². The van der Waals surface area contributed by atoms with Crippen LogP contribution in [0.15, 0.2) is 24.3 Å². The third-order valence-corrected chi connectivity index (χ3v) is 3.13. The van der Waals surface area contributed by atoms with Gasteiger partial charge in [-0.05, 0) is 44.9 Å². The van der Waals surface area contributed by atoms with Crippen molar-refractivity contribution >= 4 is 6.03 Å². The minimum absolute atomic E-state index is 0.0595. The molecule has 0 radical (unpaired) electrons. The number of aliphatic hydroxyl groups excluding tert-OH is 1. The lowest BCUT2D eigenvalue weighted by molar-refractivity contribution is 0.212. The Kier molecular flexibility index (Phi) is 7.02. The van der Waals surface area contributed by atoms with E-state index in [1.807, 2.05) is 52.0 Å². The van der Waals surface area contributed by atoms with E-state index < -0.39 is 0 Å². The summed E-state index contributed by atoms with van der Waals surface area (Å²) in [4.78, 5) is 11.9. The first-order valence-corrected chi connectivity index (χ1v) is 7.40. The first-order chi connectivity index (χ1) is 9.96. The third-order valence-electron chi connectivity index (χ3n) is 3.13. The van der Waals surface area contributed by atoms with E-state index in [0.29, 0.717) is 6.42 Å². The van der Waals surface area contributed by atoms with Crippen LogP contribution in [0, 0.1) is 0 Å². The van der Waals surface area contributed by atoms with Gasteiger partial charge in [0.05, 0.1) is 24.8 Å². The highest BCUT2D eigenvalue weighted by Crippen LogP contribution is 2.20. The van der Waals surface area contributed by atoms with Crippen LogP contribution in [0.3, 0.4) is 0 Å². The van der Waals surface area contributed by atoms with Crippen LogP contribution >= 0.6 is 0 Å². The van der Waals surface area contributed by atoms with Gasteiger partial charge in [-0.25, -0.2) is 4.79 Å². The Bertz CT molecular complexity index is 445. The molecule has 118 valence electrons. The number of ether oxygens (including phenoxy) is 1. The van der Waals surface area contributed by atoms with E-state index in [1.54, 1.807) is 0 Å². The van der Waals surface area contributed by atoms with Gasteiger partial charge >= 0.3 is 6.03 Å². The summed E-state index contributed by atoms with van der Waals surface area (Å²) in [5.74, 6) is 0.790. The second-order valence-electron chi connectivity index (χ2n) is 5.37. The molecule has 1 aromatic rings. The zero-order valence-corrected chi connectivity index (χ0v) is 13.2. The largest absolute Gasteiger partial charge is 0.491 e. The highest BCUT2D eigenvalue weighted by Gasteiger charge is 2.13. The number of amides is 2. The number of carbonyl (C=O) groups is 1. The van der Waals surface area contributed by atoms with Crippen molar-refractivity contribution in [2.45, 2.75) is 52.3 Å². The Labute approximate surface area is 126 Å². The minimum Gasteiger partial charge on any atom is -0.491 e. The number of rotatable bonds is 7. The van der Waals surface area contributed by atoms with E-state index in [0.717, 1.165) is 11.3 Å². The minimum atomic E-state index is -0.279. The molecule has 2 amide bonds. The Balaban J connectivity index is 2.62. The number of benzene rings is 1. The fourth-order valence-electron chi connectivity index (χ4n) is 1.91. The second kappa shape index (κ2) is 8.52. The Hall–Kier alpha value is -1.75. The molecule has 0 saturated heterocycles. The average Bonchev–Trinajstić information content (AvgIpc) is 2.44. The number of nitrogens with one attached hydrogen (secondary N) is 2. The molecular formula is C16H26N2O3. The molecule has 5 nitrogen and oxygen atoms in total. The molecule has 0 aliphatic rings. The number of hydrogen-bond donors (Lipinski definition) is 3. The lowest BCUT2D eigenvalue weighted by atomic mass is 10.1. The summed E-state index contributed by atoms with van der Waals surface area (Å²) < 4.78 is 5.65. The second-order valence-corrected chi connectivity index (χ2v) is 5.37. The van der Waals surface area contributed by atoms with Crippen molar-refractivity contribution in [1.29, 1.82) is 0 Å². The van der Waals surface area contributed by atoms with Crippen LogP contribution in [0.5, 0.6) is 5.75 Å². The van der Waals surface area contributed by atoms with E-state index >= 15 is 0 Å². The van der Waals surface area contributed by atoms with Crippen LogP contribution in [-0.2, 0) is 0 Å². The lowest BCUT2D eigenvalue weighted by Gasteiger charge is -2.19. The van der Waals surface area contributed by atoms with Gasteiger partial charge in [0.15, 0.2) is 0 Å². The van der Waals surface area contributed by atoms with Gasteiger partial charge < -0.3 is 20.5 Å². The first kappa shape index (κ1) is 17.3. The molecule has 2 unspecified atom stereocenters. The van der Waals surface area contributed by atoms with E-state index in [2.05, 4.69) is 10.6 Å². The molecular weight excluding hydrogens is 268 g/mol. The van der Waals surface area contributed by atoms with Gasteiger partial charge in [-0.2, -0.15) is 0 Å². The maximum atomic E-state index is 11.9. The molecule has 1 rings (SSSR count). The maximum absolute atomic E-state index is 11.9. The molecule has 21 heavy (non-hydrogen) atoms. The molecule has 0 saturated carbocycles. The summed E-state index contributed by atoms with van der Waals surface area (Å²) in [6.07, 6.45) is 0.803. The Morgan fingerprint density at radius 1 is 1.29 bits per heavy atom. The summed E-state index contributed by atoms with van der Waals surface area (Å²) in [5.41, 5.74) is 0.973. The molecule has 0 bridgehead atoms. The molecule has 0 fully saturated rings. The van der Waals surface area contributed by atoms with Crippen molar-refractivity contribution in [1.82, 2.24) is 10.6 Å². The Morgan fingerprint density at radius 2 is 2.00 bits per heavy atom. The van der Waals surface area contributed by atoms with Gasteiger partial charge in [0, 0.05) is 0 Å². The average molecular weight is 294 g/mol. The smallest absolute Gasteiger partial charge is 0.315 e. The molecule has 1 aromatic carbocycles. The highest BCUT2D eigenvalue weighted by atomic mass is 16.5. The van der Waals surface area contributed by atoms with Crippen LogP contribution < -0.4 is 15.4 Å². The van der Waals surface area contributed by atoms with Gasteiger partial charge in [-0.3, -0.25) is 0 Å². The summed E-state index contributed by atoms with van der Waals surface area (Å²) in [5, 5.41) is 14.7. The van der Waals surface area contributed by atoms with E-state index in [-0.39, 0.29) is 30.8 Å². The quantitative estimate of drug-likeness (QED) is 0.724. The van der Waals surface area contributed by atoms with Crippen LogP contribution in [0.1, 0.15) is 45.7 Å². The predicted octanol–water partition coefficient (Wildman–Crippen LogP) is 2.60. The third kappa shape index (κ3) is 6.04. The fraction of sp³-hybridized carbons (Fsp3) is 0.562. The summed E-state index contributed by atoms with van der Waals surface area (Å²) >= 11 is 0. The molecule has 0 spiro atoms. The van der Waals surface area contributed by atoms with Crippen LogP contribution in [0.25, 0.3) is 0 Å². The standard InChI is InChI=1S/C16H26N2O3/c1-5-14(10-19)18-16(20)17-12(4)13-7-6-8-15(9-13)21-11(2)3/h6-9,11-12,14,19H,5,10H2,1-4H3,(H2,17,18,20). The van der Waals surface area contributed by atoms with Crippen molar-refractivity contribution in [3.05, 3.63) is 29.8 Å². The van der Waals surface area contributed by atoms with Crippen molar-refractivity contribution in [3.8, 4) is 5.75 Å². The fourth-order valence-corrected chi connectivity index (χ4v) is 1.91. The van der Waals surface area contributed by atoms with Crippen molar-refractivity contribution in [2.75, 3.05) is 6.61 Å². The molecule has 0 aromatic heterocycles. The van der Waals surface area contributed by atoms with Gasteiger partial charge in [0.25, 0.3) is 0 Å². The highest BCUT2D eigenvalue weighted by molar-refractivity contribution is 5.74.